The molecule has 2 aromatic rings. The van der Waals surface area contributed by atoms with Crippen molar-refractivity contribution in [3.63, 3.8) is 0 Å². The third kappa shape index (κ3) is 11.7. The summed E-state index contributed by atoms with van der Waals surface area (Å²) in [5.74, 6) is -1.68. The van der Waals surface area contributed by atoms with Crippen LogP contribution >= 0.6 is 19.9 Å². The van der Waals surface area contributed by atoms with E-state index in [9.17, 15) is 23.3 Å². The smallest absolute Gasteiger partial charge is 0.431 e. The fraction of sp³-hybridized carbons (Fsp3) is 0.464. The molecule has 0 saturated heterocycles. The summed E-state index contributed by atoms with van der Waals surface area (Å²) in [6.07, 6.45) is 1.95. The van der Waals surface area contributed by atoms with Crippen molar-refractivity contribution in [2.75, 3.05) is 6.61 Å². The summed E-state index contributed by atoms with van der Waals surface area (Å²) in [6, 6.07) is 10.4. The Bertz CT molecular complexity index is 1210. The van der Waals surface area contributed by atoms with E-state index in [2.05, 4.69) is 9.84 Å². The van der Waals surface area contributed by atoms with Crippen molar-refractivity contribution in [1.82, 2.24) is 5.32 Å². The van der Waals surface area contributed by atoms with E-state index in [1.165, 1.54) is 25.1 Å². The standard InChI is InChI=1S/C28H32ClFNO9P/c1-18(39-28(34)40-23-5-3-2-4-6-23)38-27(33)17-22(31-26(32)13-14-37-41(35)36)15-19-7-9-20(10-8-19)24-16-21(29)11-12-25(24)30/h7-12,16,18,22-23H,2-6,13-15,17H2,1H3,(H-,31,32,35,36)/p+1/t18?,22-/m1/s1. The summed E-state index contributed by atoms with van der Waals surface area (Å²) >= 11 is 6.00. The average molecular weight is 613 g/mol. The molecule has 3 rings (SSSR count). The molecule has 0 aliphatic heterocycles. The average Bonchev–Trinajstić information content (AvgIpc) is 2.90. The summed E-state index contributed by atoms with van der Waals surface area (Å²) in [6.45, 7) is 1.09. The Kier molecular flexibility index (Phi) is 12.9. The SMILES string of the molecule is CC(OC(=O)C[C@@H](Cc1ccc(-c2cc(Cl)ccc2F)cc1)NC(=O)CCO[P+](=O)O)OC(=O)OC1CCCCC1. The van der Waals surface area contributed by atoms with Gasteiger partial charge in [-0.3, -0.25) is 9.59 Å². The van der Waals surface area contributed by atoms with Gasteiger partial charge in [0.05, 0.1) is 12.8 Å². The van der Waals surface area contributed by atoms with Crippen LogP contribution in [0.1, 0.15) is 57.4 Å². The Morgan fingerprint density at radius 1 is 1.10 bits per heavy atom. The highest BCUT2D eigenvalue weighted by molar-refractivity contribution is 7.32. The van der Waals surface area contributed by atoms with E-state index in [1.807, 2.05) is 0 Å². The van der Waals surface area contributed by atoms with Crippen LogP contribution in [-0.4, -0.2) is 48.0 Å². The molecule has 10 nitrogen and oxygen atoms in total. The highest BCUT2D eigenvalue weighted by atomic mass is 35.5. The van der Waals surface area contributed by atoms with Gasteiger partial charge in [-0.25, -0.2) is 9.18 Å². The number of ether oxygens (including phenoxy) is 3. The number of rotatable bonds is 13. The first-order chi connectivity index (χ1) is 19.6. The van der Waals surface area contributed by atoms with Crippen LogP contribution in [0.5, 0.6) is 0 Å². The largest absolute Gasteiger partial charge is 0.694 e. The van der Waals surface area contributed by atoms with Crippen molar-refractivity contribution >= 4 is 37.9 Å². The van der Waals surface area contributed by atoms with Gasteiger partial charge in [-0.05, 0) is 61.4 Å². The van der Waals surface area contributed by atoms with Crippen LogP contribution in [0.3, 0.4) is 0 Å². The third-order valence-corrected chi connectivity index (χ3v) is 7.00. The first-order valence-electron chi connectivity index (χ1n) is 13.3. The van der Waals surface area contributed by atoms with Gasteiger partial charge in [0, 0.05) is 28.1 Å². The van der Waals surface area contributed by atoms with Crippen molar-refractivity contribution in [2.24, 2.45) is 0 Å². The molecule has 1 aliphatic carbocycles. The predicted octanol–water partition coefficient (Wildman–Crippen LogP) is 6.00. The van der Waals surface area contributed by atoms with Crippen LogP contribution in [0.15, 0.2) is 42.5 Å². The molecule has 0 aromatic heterocycles. The number of amides is 1. The molecule has 0 heterocycles. The predicted molar refractivity (Wildman–Crippen MR) is 147 cm³/mol. The van der Waals surface area contributed by atoms with E-state index in [0.29, 0.717) is 16.1 Å². The number of benzene rings is 2. The Labute approximate surface area is 243 Å². The molecule has 222 valence electrons. The first kappa shape index (κ1) is 32.4. The van der Waals surface area contributed by atoms with Gasteiger partial charge in [0.1, 0.15) is 18.5 Å². The van der Waals surface area contributed by atoms with Crippen LogP contribution in [-0.2, 0) is 39.3 Å². The van der Waals surface area contributed by atoms with Crippen molar-refractivity contribution in [2.45, 2.75) is 76.7 Å². The van der Waals surface area contributed by atoms with Crippen LogP contribution in [0.25, 0.3) is 11.1 Å². The highest BCUT2D eigenvalue weighted by Gasteiger charge is 2.24. The summed E-state index contributed by atoms with van der Waals surface area (Å²) < 4.78 is 45.0. The van der Waals surface area contributed by atoms with Crippen molar-refractivity contribution in [1.29, 1.82) is 0 Å². The molecule has 2 aromatic carbocycles. The molecule has 0 bridgehead atoms. The molecule has 41 heavy (non-hydrogen) atoms. The molecule has 1 aliphatic rings. The minimum atomic E-state index is -2.85. The van der Waals surface area contributed by atoms with Crippen LogP contribution in [0, 0.1) is 5.82 Å². The lowest BCUT2D eigenvalue weighted by atomic mass is 9.98. The minimum Gasteiger partial charge on any atom is -0.431 e. The van der Waals surface area contributed by atoms with Crippen molar-refractivity contribution < 1.29 is 47.0 Å². The molecule has 13 heteroatoms. The van der Waals surface area contributed by atoms with E-state index >= 15 is 0 Å². The van der Waals surface area contributed by atoms with Gasteiger partial charge in [0.25, 0.3) is 0 Å². The molecular formula is C28H33ClFNO9P+. The first-order valence-corrected chi connectivity index (χ1v) is 14.8. The molecular weight excluding hydrogens is 580 g/mol. The zero-order chi connectivity index (χ0) is 29.8. The lowest BCUT2D eigenvalue weighted by Crippen LogP contribution is -2.39. The summed E-state index contributed by atoms with van der Waals surface area (Å²) in [5, 5.41) is 3.09. The van der Waals surface area contributed by atoms with E-state index < -0.39 is 44.4 Å². The van der Waals surface area contributed by atoms with E-state index in [1.54, 1.807) is 24.3 Å². The molecule has 3 atom stereocenters. The van der Waals surface area contributed by atoms with Gasteiger partial charge in [-0.2, -0.15) is 0 Å². The number of hydrogen-bond acceptors (Lipinski definition) is 8. The maximum atomic E-state index is 14.3. The molecule has 0 radical (unpaired) electrons. The van der Waals surface area contributed by atoms with Crippen LogP contribution in [0.4, 0.5) is 9.18 Å². The minimum absolute atomic E-state index is 0.202. The van der Waals surface area contributed by atoms with Crippen molar-refractivity contribution in [3.8, 4) is 11.1 Å². The number of halogens is 2. The maximum Gasteiger partial charge on any atom is 0.694 e. The summed E-state index contributed by atoms with van der Waals surface area (Å²) in [7, 11) is -2.85. The molecule has 1 amide bonds. The highest BCUT2D eigenvalue weighted by Crippen LogP contribution is 2.27. The molecule has 1 fully saturated rings. The number of carbonyl (C=O) groups is 3. The fourth-order valence-corrected chi connectivity index (χ4v) is 4.87. The van der Waals surface area contributed by atoms with E-state index in [4.69, 9.17) is 30.7 Å². The second kappa shape index (κ2) is 16.4. The number of carbonyl (C=O) groups excluding carboxylic acids is 3. The lowest BCUT2D eigenvalue weighted by molar-refractivity contribution is -0.169. The van der Waals surface area contributed by atoms with Gasteiger partial charge < -0.3 is 19.5 Å². The van der Waals surface area contributed by atoms with Gasteiger partial charge in [0.2, 0.25) is 12.2 Å². The Hall–Kier alpha value is -3.11. The second-order valence-corrected chi connectivity index (χ2v) is 10.8. The quantitative estimate of drug-likeness (QED) is 0.159. The zero-order valence-electron chi connectivity index (χ0n) is 22.6. The normalized spacial score (nSPS) is 15.4. The topological polar surface area (TPSA) is 137 Å². The lowest BCUT2D eigenvalue weighted by Gasteiger charge is -2.23. The number of nitrogens with one attached hydrogen (secondary N) is 1. The van der Waals surface area contributed by atoms with Gasteiger partial charge in [-0.1, -0.05) is 42.3 Å². The zero-order valence-corrected chi connectivity index (χ0v) is 24.2. The Balaban J connectivity index is 1.60. The van der Waals surface area contributed by atoms with Gasteiger partial charge >= 0.3 is 20.4 Å². The monoisotopic (exact) mass is 612 g/mol. The summed E-state index contributed by atoms with van der Waals surface area (Å²) in [5.41, 5.74) is 1.65. The van der Waals surface area contributed by atoms with E-state index in [-0.39, 0.29) is 32.0 Å². The van der Waals surface area contributed by atoms with Crippen molar-refractivity contribution in [3.05, 3.63) is 58.9 Å². The molecule has 2 N–H and O–H groups in total. The van der Waals surface area contributed by atoms with Gasteiger partial charge in [-0.15, -0.1) is 9.42 Å². The number of esters is 1. The molecule has 0 spiro atoms. The third-order valence-electron chi connectivity index (χ3n) is 6.36. The molecule has 2 unspecified atom stereocenters. The van der Waals surface area contributed by atoms with Gasteiger partial charge in [0.15, 0.2) is 0 Å². The fourth-order valence-electron chi connectivity index (χ4n) is 4.45. The molecule has 1 saturated carbocycles. The second-order valence-electron chi connectivity index (χ2n) is 9.62. The van der Waals surface area contributed by atoms with E-state index in [0.717, 1.165) is 37.7 Å². The Morgan fingerprint density at radius 2 is 1.80 bits per heavy atom. The maximum absolute atomic E-state index is 14.3. The number of hydrogen-bond donors (Lipinski definition) is 2. The van der Waals surface area contributed by atoms with Crippen LogP contribution in [0.2, 0.25) is 5.02 Å². The van der Waals surface area contributed by atoms with Crippen LogP contribution < -0.4 is 5.32 Å². The Morgan fingerprint density at radius 3 is 2.49 bits per heavy atom. The summed E-state index contributed by atoms with van der Waals surface area (Å²) in [4.78, 5) is 45.9.